The first kappa shape index (κ1) is 27.3. The van der Waals surface area contributed by atoms with Crippen LogP contribution in [-0.4, -0.2) is 24.8 Å². The van der Waals surface area contributed by atoms with E-state index in [0.29, 0.717) is 29.0 Å². The molecule has 3 aromatic carbocycles. The second kappa shape index (κ2) is 12.3. The maximum Gasteiger partial charge on any atom is 0.312 e. The molecule has 0 amide bonds. The minimum absolute atomic E-state index is 0.0499. The van der Waals surface area contributed by atoms with Crippen LogP contribution in [0.2, 0.25) is 0 Å². The van der Waals surface area contributed by atoms with Crippen molar-refractivity contribution in [3.05, 3.63) is 82.2 Å². The predicted molar refractivity (Wildman–Crippen MR) is 154 cm³/mol. The molecule has 0 saturated carbocycles. The van der Waals surface area contributed by atoms with Crippen LogP contribution in [0.3, 0.4) is 0 Å². The lowest BCUT2D eigenvalue weighted by molar-refractivity contribution is -0.135. The number of unbranched alkanes of at least 4 members (excludes halogenated alkanes) is 5. The number of hydrogen-bond donors (Lipinski definition) is 1. The van der Waals surface area contributed by atoms with Crippen LogP contribution in [0.4, 0.5) is 0 Å². The molecule has 0 fully saturated rings. The zero-order valence-corrected chi connectivity index (χ0v) is 22.9. The summed E-state index contributed by atoms with van der Waals surface area (Å²) in [6, 6.07) is 16.0. The third kappa shape index (κ3) is 5.69. The Morgan fingerprint density at radius 1 is 0.925 bits per heavy atom. The number of esters is 1. The fourth-order valence-electron chi connectivity index (χ4n) is 5.26. The van der Waals surface area contributed by atoms with Gasteiger partial charge in [0.25, 0.3) is 0 Å². The lowest BCUT2D eigenvalue weighted by atomic mass is 9.85. The molecule has 7 heteroatoms. The quantitative estimate of drug-likeness (QED) is 0.120. The zero-order valence-electron chi connectivity index (χ0n) is 22.9. The van der Waals surface area contributed by atoms with Gasteiger partial charge in [-0.3, -0.25) is 9.59 Å². The summed E-state index contributed by atoms with van der Waals surface area (Å²) in [5.41, 5.74) is 2.19. The van der Waals surface area contributed by atoms with E-state index in [1.165, 1.54) is 38.0 Å². The Balaban J connectivity index is 1.43. The molecule has 1 aliphatic heterocycles. The van der Waals surface area contributed by atoms with Crippen molar-refractivity contribution in [1.29, 1.82) is 0 Å². The molecule has 0 aliphatic carbocycles. The normalized spacial score (nSPS) is 14.6. The van der Waals surface area contributed by atoms with E-state index in [0.717, 1.165) is 24.2 Å². The first-order valence-corrected chi connectivity index (χ1v) is 13.9. The number of carbonyl (C=O) groups excluding carboxylic acids is 1. The third-order valence-corrected chi connectivity index (χ3v) is 7.42. The third-order valence-electron chi connectivity index (χ3n) is 7.42. The van der Waals surface area contributed by atoms with Crippen molar-refractivity contribution in [3.8, 4) is 34.1 Å². The topological polar surface area (TPSA) is 95.2 Å². The largest absolute Gasteiger partial charge is 0.507 e. The summed E-state index contributed by atoms with van der Waals surface area (Å²) in [5, 5.41) is 10.9. The lowest BCUT2D eigenvalue weighted by Gasteiger charge is -2.26. The molecule has 0 bridgehead atoms. The molecule has 1 atom stereocenters. The molecule has 40 heavy (non-hydrogen) atoms. The first-order chi connectivity index (χ1) is 19.5. The fraction of sp³-hybridized carbons (Fsp3) is 0.333. The molecule has 2 heterocycles. The smallest absolute Gasteiger partial charge is 0.312 e. The Morgan fingerprint density at radius 3 is 2.35 bits per heavy atom. The number of carbonyl (C=O) groups is 1. The van der Waals surface area contributed by atoms with Gasteiger partial charge < -0.3 is 23.7 Å². The van der Waals surface area contributed by atoms with Crippen LogP contribution in [0.25, 0.3) is 22.1 Å². The van der Waals surface area contributed by atoms with Gasteiger partial charge >= 0.3 is 5.97 Å². The van der Waals surface area contributed by atoms with Crippen LogP contribution in [0.15, 0.2) is 70.1 Å². The fourth-order valence-corrected chi connectivity index (χ4v) is 5.26. The Labute approximate surface area is 233 Å². The molecule has 1 N–H and O–H groups in total. The summed E-state index contributed by atoms with van der Waals surface area (Å²) in [7, 11) is 1.57. The maximum atomic E-state index is 13.6. The number of ether oxygens (including phenoxy) is 3. The van der Waals surface area contributed by atoms with Crippen LogP contribution in [0.5, 0.6) is 23.0 Å². The summed E-state index contributed by atoms with van der Waals surface area (Å²) in [6.45, 7) is 2.87. The number of benzene rings is 3. The first-order valence-electron chi connectivity index (χ1n) is 13.9. The molecule has 0 spiro atoms. The van der Waals surface area contributed by atoms with Crippen molar-refractivity contribution in [2.24, 2.45) is 0 Å². The molecule has 1 aromatic heterocycles. The van der Waals surface area contributed by atoms with Gasteiger partial charge in [-0.05, 0) is 41.8 Å². The van der Waals surface area contributed by atoms with Crippen molar-refractivity contribution in [3.63, 3.8) is 0 Å². The van der Waals surface area contributed by atoms with E-state index in [-0.39, 0.29) is 34.3 Å². The Kier molecular flexibility index (Phi) is 8.39. The van der Waals surface area contributed by atoms with E-state index in [1.54, 1.807) is 31.4 Å². The second-order valence-electron chi connectivity index (χ2n) is 10.1. The maximum absolute atomic E-state index is 13.6. The summed E-state index contributed by atoms with van der Waals surface area (Å²) < 4.78 is 22.6. The van der Waals surface area contributed by atoms with E-state index in [9.17, 15) is 14.7 Å². The predicted octanol–water partition coefficient (Wildman–Crippen LogP) is 7.35. The van der Waals surface area contributed by atoms with Crippen LogP contribution in [-0.2, 0) is 4.79 Å². The average Bonchev–Trinajstić information content (AvgIpc) is 2.96. The van der Waals surface area contributed by atoms with E-state index >= 15 is 0 Å². The highest BCUT2D eigenvalue weighted by Gasteiger charge is 2.33. The molecule has 4 aromatic rings. The summed E-state index contributed by atoms with van der Waals surface area (Å²) in [6.07, 6.45) is 8.65. The van der Waals surface area contributed by atoms with Gasteiger partial charge in [-0.2, -0.15) is 0 Å². The molecular formula is C33H34O7. The van der Waals surface area contributed by atoms with Gasteiger partial charge in [0.05, 0.1) is 25.7 Å². The number of hydrogen-bond acceptors (Lipinski definition) is 7. The Bertz CT molecular complexity index is 1530. The number of fused-ring (bicyclic) bond motifs is 3. The van der Waals surface area contributed by atoms with Gasteiger partial charge in [0.15, 0.2) is 0 Å². The number of phenols is 1. The molecule has 5 rings (SSSR count). The molecule has 0 radical (unpaired) electrons. The van der Waals surface area contributed by atoms with Gasteiger partial charge in [-0.15, -0.1) is 0 Å². The SMILES string of the molecule is CCCCCCCCOc1ccc([C@H]2CC(=O)Oc3cc(O)c4c(=O)c(-c5ccc(OC)cc5)coc4c32)cc1. The van der Waals surface area contributed by atoms with Gasteiger partial charge in [-0.1, -0.05) is 63.3 Å². The molecule has 0 saturated heterocycles. The van der Waals surface area contributed by atoms with Crippen molar-refractivity contribution in [2.75, 3.05) is 13.7 Å². The standard InChI is InChI=1S/C33H34O7/c1-3-4-5-6-7-8-17-38-24-15-11-21(12-16-24)25-18-29(35)40-28-19-27(34)31-32(36)26(20-39-33(31)30(25)28)22-9-13-23(37-2)14-10-22/h9-16,19-20,25,34H,3-8,17-18H2,1-2H3/t25-/m1/s1. The van der Waals surface area contributed by atoms with Gasteiger partial charge in [0.1, 0.15) is 40.2 Å². The molecule has 0 unspecified atom stereocenters. The van der Waals surface area contributed by atoms with E-state index in [2.05, 4.69) is 6.92 Å². The zero-order chi connectivity index (χ0) is 28.1. The van der Waals surface area contributed by atoms with Crippen LogP contribution < -0.4 is 19.6 Å². The van der Waals surface area contributed by atoms with Gasteiger partial charge in [-0.25, -0.2) is 0 Å². The van der Waals surface area contributed by atoms with Gasteiger partial charge in [0.2, 0.25) is 5.43 Å². The summed E-state index contributed by atoms with van der Waals surface area (Å²) >= 11 is 0. The van der Waals surface area contributed by atoms with Crippen LogP contribution in [0.1, 0.15) is 68.9 Å². The highest BCUT2D eigenvalue weighted by atomic mass is 16.5. The Hall–Kier alpha value is -4.26. The van der Waals surface area contributed by atoms with Crippen LogP contribution >= 0.6 is 0 Å². The molecular weight excluding hydrogens is 508 g/mol. The highest BCUT2D eigenvalue weighted by molar-refractivity contribution is 5.94. The molecule has 208 valence electrons. The highest BCUT2D eigenvalue weighted by Crippen LogP contribution is 2.45. The molecule has 7 nitrogen and oxygen atoms in total. The minimum atomic E-state index is -0.420. The number of phenolic OH excluding ortho intramolecular Hbond substituents is 1. The summed E-state index contributed by atoms with van der Waals surface area (Å²) in [5.74, 6) is 0.482. The number of aromatic hydroxyl groups is 1. The van der Waals surface area contributed by atoms with Crippen molar-refractivity contribution in [1.82, 2.24) is 0 Å². The monoisotopic (exact) mass is 542 g/mol. The average molecular weight is 543 g/mol. The Morgan fingerprint density at radius 2 is 1.62 bits per heavy atom. The van der Waals surface area contributed by atoms with E-state index in [1.807, 2.05) is 24.3 Å². The van der Waals surface area contributed by atoms with E-state index < -0.39 is 11.9 Å². The second-order valence-corrected chi connectivity index (χ2v) is 10.1. The minimum Gasteiger partial charge on any atom is -0.507 e. The number of methoxy groups -OCH3 is 1. The van der Waals surface area contributed by atoms with Gasteiger partial charge in [0, 0.05) is 17.5 Å². The van der Waals surface area contributed by atoms with E-state index in [4.69, 9.17) is 18.6 Å². The summed E-state index contributed by atoms with van der Waals surface area (Å²) in [4.78, 5) is 26.1. The van der Waals surface area contributed by atoms with Crippen molar-refractivity contribution < 1.29 is 28.5 Å². The van der Waals surface area contributed by atoms with Crippen molar-refractivity contribution in [2.45, 2.75) is 57.8 Å². The van der Waals surface area contributed by atoms with Crippen molar-refractivity contribution >= 4 is 16.9 Å². The number of rotatable bonds is 11. The molecule has 1 aliphatic rings. The lowest BCUT2D eigenvalue weighted by Crippen LogP contribution is -2.22. The van der Waals surface area contributed by atoms with Crippen LogP contribution in [0, 0.1) is 0 Å².